The Balaban J connectivity index is 1.27. The number of rotatable bonds is 6. The number of carbonyl (C=O) groups excluding carboxylic acids is 1. The fourth-order valence-electron chi connectivity index (χ4n) is 3.71. The lowest BCUT2D eigenvalue weighted by Crippen LogP contribution is -2.46. The van der Waals surface area contributed by atoms with Crippen LogP contribution in [0.15, 0.2) is 84.9 Å². The van der Waals surface area contributed by atoms with Gasteiger partial charge in [-0.1, -0.05) is 48.5 Å². The van der Waals surface area contributed by atoms with Gasteiger partial charge in [-0.2, -0.15) is 0 Å². The van der Waals surface area contributed by atoms with Crippen molar-refractivity contribution in [2.24, 2.45) is 0 Å². The lowest BCUT2D eigenvalue weighted by Gasteiger charge is -2.36. The van der Waals surface area contributed by atoms with Gasteiger partial charge in [-0.25, -0.2) is 4.39 Å². The average Bonchev–Trinajstić information content (AvgIpc) is 2.81. The van der Waals surface area contributed by atoms with Gasteiger partial charge in [0.05, 0.1) is 0 Å². The number of nitrogens with one attached hydrogen (secondary N) is 1. The van der Waals surface area contributed by atoms with Gasteiger partial charge in [-0.05, 0) is 42.0 Å². The van der Waals surface area contributed by atoms with Crippen molar-refractivity contribution in [1.29, 1.82) is 0 Å². The van der Waals surface area contributed by atoms with Crippen LogP contribution in [-0.2, 0) is 11.3 Å². The molecule has 0 atom stereocenters. The standard InChI is InChI=1S/C26H26FN3O/c27-25-9-5-4-8-22(25)20-29-16-18-30(19-17-29)24-13-11-23(12-14-24)28-26(31)15-10-21-6-2-1-3-7-21/h1-15H,16-20H2,(H,28,31). The molecule has 0 aromatic heterocycles. The third-order valence-corrected chi connectivity index (χ3v) is 5.45. The molecule has 0 saturated carbocycles. The zero-order valence-electron chi connectivity index (χ0n) is 17.4. The van der Waals surface area contributed by atoms with Crippen molar-refractivity contribution in [2.45, 2.75) is 6.54 Å². The number of hydrogen-bond acceptors (Lipinski definition) is 3. The molecule has 3 aromatic rings. The molecule has 1 aliphatic heterocycles. The quantitative estimate of drug-likeness (QED) is 0.588. The molecule has 1 saturated heterocycles. The second-order valence-electron chi connectivity index (χ2n) is 7.63. The third-order valence-electron chi connectivity index (χ3n) is 5.45. The van der Waals surface area contributed by atoms with E-state index in [0.717, 1.165) is 48.7 Å². The van der Waals surface area contributed by atoms with Gasteiger partial charge in [0.2, 0.25) is 5.91 Å². The summed E-state index contributed by atoms with van der Waals surface area (Å²) >= 11 is 0. The molecule has 31 heavy (non-hydrogen) atoms. The topological polar surface area (TPSA) is 35.6 Å². The highest BCUT2D eigenvalue weighted by molar-refractivity contribution is 6.02. The molecule has 3 aromatic carbocycles. The smallest absolute Gasteiger partial charge is 0.248 e. The van der Waals surface area contributed by atoms with E-state index in [9.17, 15) is 9.18 Å². The first-order chi connectivity index (χ1) is 15.2. The summed E-state index contributed by atoms with van der Waals surface area (Å²) < 4.78 is 13.9. The third kappa shape index (κ3) is 5.80. The van der Waals surface area contributed by atoms with Crippen LogP contribution in [0.25, 0.3) is 6.08 Å². The molecule has 1 heterocycles. The predicted molar refractivity (Wildman–Crippen MR) is 124 cm³/mol. The Morgan fingerprint density at radius 1 is 0.871 bits per heavy atom. The van der Waals surface area contributed by atoms with E-state index in [1.54, 1.807) is 12.1 Å². The fraction of sp³-hybridized carbons (Fsp3) is 0.192. The summed E-state index contributed by atoms with van der Waals surface area (Å²) in [6, 6.07) is 24.6. The molecular weight excluding hydrogens is 389 g/mol. The van der Waals surface area contributed by atoms with Gasteiger partial charge in [0, 0.05) is 55.7 Å². The van der Waals surface area contributed by atoms with E-state index < -0.39 is 0 Å². The Bertz CT molecular complexity index is 1030. The Kier molecular flexibility index (Phi) is 6.75. The number of amides is 1. The average molecular weight is 416 g/mol. The number of benzene rings is 3. The van der Waals surface area contributed by atoms with Crippen molar-refractivity contribution < 1.29 is 9.18 Å². The molecule has 1 N–H and O–H groups in total. The predicted octanol–water partition coefficient (Wildman–Crippen LogP) is 4.80. The van der Waals surface area contributed by atoms with Crippen molar-refractivity contribution >= 4 is 23.4 Å². The number of carbonyl (C=O) groups is 1. The molecule has 4 nitrogen and oxygen atoms in total. The van der Waals surface area contributed by atoms with E-state index in [1.165, 1.54) is 12.1 Å². The van der Waals surface area contributed by atoms with Gasteiger partial charge >= 0.3 is 0 Å². The minimum atomic E-state index is -0.154. The van der Waals surface area contributed by atoms with E-state index >= 15 is 0 Å². The van der Waals surface area contributed by atoms with Crippen LogP contribution in [0, 0.1) is 5.82 Å². The van der Waals surface area contributed by atoms with E-state index in [4.69, 9.17) is 0 Å². The van der Waals surface area contributed by atoms with Crippen molar-refractivity contribution in [3.63, 3.8) is 0 Å². The van der Waals surface area contributed by atoms with Gasteiger partial charge in [-0.3, -0.25) is 9.69 Å². The summed E-state index contributed by atoms with van der Waals surface area (Å²) in [5.41, 5.74) is 3.63. The van der Waals surface area contributed by atoms with Crippen LogP contribution in [0.5, 0.6) is 0 Å². The van der Waals surface area contributed by atoms with Gasteiger partial charge in [0.15, 0.2) is 0 Å². The van der Waals surface area contributed by atoms with Gasteiger partial charge in [0.25, 0.3) is 0 Å². The minimum Gasteiger partial charge on any atom is -0.369 e. The number of hydrogen-bond donors (Lipinski definition) is 1. The number of nitrogens with zero attached hydrogens (tertiary/aromatic N) is 2. The SMILES string of the molecule is O=C(C=Cc1ccccc1)Nc1ccc(N2CCN(Cc3ccccc3F)CC2)cc1. The molecule has 0 bridgehead atoms. The number of halogens is 1. The maximum Gasteiger partial charge on any atom is 0.248 e. The van der Waals surface area contributed by atoms with Crippen molar-refractivity contribution in [2.75, 3.05) is 36.4 Å². The maximum atomic E-state index is 13.9. The fourth-order valence-corrected chi connectivity index (χ4v) is 3.71. The minimum absolute atomic E-state index is 0.138. The van der Waals surface area contributed by atoms with Crippen molar-refractivity contribution in [3.8, 4) is 0 Å². The summed E-state index contributed by atoms with van der Waals surface area (Å²) in [6.07, 6.45) is 3.34. The van der Waals surface area contributed by atoms with Crippen LogP contribution >= 0.6 is 0 Å². The summed E-state index contributed by atoms with van der Waals surface area (Å²) in [6.45, 7) is 4.19. The van der Waals surface area contributed by atoms with E-state index in [2.05, 4.69) is 15.1 Å². The van der Waals surface area contributed by atoms with Crippen LogP contribution in [0.1, 0.15) is 11.1 Å². The molecule has 0 spiro atoms. The van der Waals surface area contributed by atoms with Crippen LogP contribution in [0.2, 0.25) is 0 Å². The summed E-state index contributed by atoms with van der Waals surface area (Å²) in [7, 11) is 0. The first kappa shape index (κ1) is 20.8. The second kappa shape index (κ2) is 10.0. The zero-order valence-corrected chi connectivity index (χ0v) is 17.4. The summed E-state index contributed by atoms with van der Waals surface area (Å²) in [4.78, 5) is 16.7. The second-order valence-corrected chi connectivity index (χ2v) is 7.63. The molecule has 0 unspecified atom stereocenters. The van der Waals surface area contributed by atoms with E-state index in [-0.39, 0.29) is 11.7 Å². The van der Waals surface area contributed by atoms with Crippen LogP contribution in [0.4, 0.5) is 15.8 Å². The Labute approximate surface area is 182 Å². The molecule has 1 fully saturated rings. The molecular formula is C26H26FN3O. The van der Waals surface area contributed by atoms with E-state index in [1.807, 2.05) is 66.7 Å². The Morgan fingerprint density at radius 3 is 2.26 bits per heavy atom. The molecule has 1 aliphatic rings. The highest BCUT2D eigenvalue weighted by atomic mass is 19.1. The lowest BCUT2D eigenvalue weighted by atomic mass is 10.1. The molecule has 5 heteroatoms. The highest BCUT2D eigenvalue weighted by Crippen LogP contribution is 2.20. The first-order valence-electron chi connectivity index (χ1n) is 10.5. The highest BCUT2D eigenvalue weighted by Gasteiger charge is 2.18. The van der Waals surface area contributed by atoms with Gasteiger partial charge in [0.1, 0.15) is 5.82 Å². The molecule has 0 radical (unpaired) electrons. The molecule has 4 rings (SSSR count). The van der Waals surface area contributed by atoms with Gasteiger partial charge in [-0.15, -0.1) is 0 Å². The van der Waals surface area contributed by atoms with Crippen LogP contribution in [-0.4, -0.2) is 37.0 Å². The maximum absolute atomic E-state index is 13.9. The molecule has 1 amide bonds. The zero-order chi connectivity index (χ0) is 21.5. The first-order valence-corrected chi connectivity index (χ1v) is 10.5. The molecule has 0 aliphatic carbocycles. The lowest BCUT2D eigenvalue weighted by molar-refractivity contribution is -0.111. The van der Waals surface area contributed by atoms with Gasteiger partial charge < -0.3 is 10.2 Å². The Morgan fingerprint density at radius 2 is 1.55 bits per heavy atom. The van der Waals surface area contributed by atoms with E-state index in [0.29, 0.717) is 6.54 Å². The summed E-state index contributed by atoms with van der Waals surface area (Å²) in [5.74, 6) is -0.292. The van der Waals surface area contributed by atoms with Crippen LogP contribution < -0.4 is 10.2 Å². The largest absolute Gasteiger partial charge is 0.369 e. The van der Waals surface area contributed by atoms with Crippen LogP contribution in [0.3, 0.4) is 0 Å². The number of anilines is 2. The van der Waals surface area contributed by atoms with Crippen molar-refractivity contribution in [1.82, 2.24) is 4.90 Å². The molecule has 158 valence electrons. The Hall–Kier alpha value is -3.44. The van der Waals surface area contributed by atoms with Crippen molar-refractivity contribution in [3.05, 3.63) is 102 Å². The number of piperazine rings is 1. The monoisotopic (exact) mass is 415 g/mol. The normalized spacial score (nSPS) is 14.7. The summed E-state index contributed by atoms with van der Waals surface area (Å²) in [5, 5.41) is 2.89.